The molecule has 2 aromatic rings. The van der Waals surface area contributed by atoms with Crippen molar-refractivity contribution >= 4 is 11.0 Å². The van der Waals surface area contributed by atoms with Crippen LogP contribution in [0.2, 0.25) is 0 Å². The lowest BCUT2D eigenvalue weighted by atomic mass is 9.93. The van der Waals surface area contributed by atoms with Crippen LogP contribution in [0.25, 0.3) is 11.0 Å². The van der Waals surface area contributed by atoms with E-state index in [2.05, 4.69) is 41.8 Å². The van der Waals surface area contributed by atoms with Crippen molar-refractivity contribution in [2.24, 2.45) is 0 Å². The van der Waals surface area contributed by atoms with Gasteiger partial charge < -0.3 is 4.98 Å². The van der Waals surface area contributed by atoms with Crippen LogP contribution >= 0.6 is 0 Å². The van der Waals surface area contributed by atoms with E-state index >= 15 is 0 Å². The Morgan fingerprint density at radius 2 is 1.87 bits per heavy atom. The van der Waals surface area contributed by atoms with E-state index in [1.165, 1.54) is 5.69 Å². The molecule has 3 heteroatoms. The van der Waals surface area contributed by atoms with Crippen molar-refractivity contribution in [2.75, 3.05) is 0 Å². The van der Waals surface area contributed by atoms with Crippen molar-refractivity contribution in [1.82, 2.24) is 15.0 Å². The molecule has 0 aliphatic carbocycles. The normalized spacial score (nSPS) is 11.0. The Labute approximate surface area is 91.0 Å². The highest BCUT2D eigenvalue weighted by Crippen LogP contribution is 2.23. The fourth-order valence-electron chi connectivity index (χ4n) is 1.27. The highest BCUT2D eigenvalue weighted by atomic mass is 14.9. The maximum Gasteiger partial charge on any atom is 0.116 e. The molecule has 0 amide bonds. The molecule has 0 radical (unpaired) electrons. The van der Waals surface area contributed by atoms with Crippen molar-refractivity contribution in [3.8, 4) is 0 Å². The summed E-state index contributed by atoms with van der Waals surface area (Å²) in [6.07, 6.45) is 3.38. The van der Waals surface area contributed by atoms with Gasteiger partial charge in [-0.1, -0.05) is 34.6 Å². The molecule has 3 nitrogen and oxygen atoms in total. The first-order chi connectivity index (χ1) is 7.07. The van der Waals surface area contributed by atoms with E-state index in [-0.39, 0.29) is 5.41 Å². The van der Waals surface area contributed by atoms with Gasteiger partial charge in [0.25, 0.3) is 0 Å². The minimum absolute atomic E-state index is 0.140. The zero-order valence-electron chi connectivity index (χ0n) is 10.1. The van der Waals surface area contributed by atoms with Gasteiger partial charge in [-0.05, 0) is 6.07 Å². The molecule has 0 spiro atoms. The van der Waals surface area contributed by atoms with Gasteiger partial charge >= 0.3 is 0 Å². The van der Waals surface area contributed by atoms with Crippen molar-refractivity contribution < 1.29 is 0 Å². The monoisotopic (exact) mass is 205 g/mol. The SMILES string of the molecule is CC.CC(C)(C)c1cc2ncncc2[nH]1. The van der Waals surface area contributed by atoms with Gasteiger partial charge in [-0.15, -0.1) is 0 Å². The first-order valence-corrected chi connectivity index (χ1v) is 5.36. The Hall–Kier alpha value is -1.38. The van der Waals surface area contributed by atoms with Crippen molar-refractivity contribution in [3.63, 3.8) is 0 Å². The van der Waals surface area contributed by atoms with Crippen LogP contribution in [-0.4, -0.2) is 15.0 Å². The van der Waals surface area contributed by atoms with Gasteiger partial charge in [0.05, 0.1) is 17.2 Å². The summed E-state index contributed by atoms with van der Waals surface area (Å²) in [6.45, 7) is 10.5. The molecular formula is C12H19N3. The minimum atomic E-state index is 0.140. The van der Waals surface area contributed by atoms with Crippen LogP contribution in [0, 0.1) is 0 Å². The summed E-state index contributed by atoms with van der Waals surface area (Å²) < 4.78 is 0. The summed E-state index contributed by atoms with van der Waals surface area (Å²) in [5.74, 6) is 0. The highest BCUT2D eigenvalue weighted by molar-refractivity contribution is 5.74. The number of hydrogen-bond donors (Lipinski definition) is 1. The molecule has 0 aliphatic rings. The van der Waals surface area contributed by atoms with E-state index in [9.17, 15) is 0 Å². The lowest BCUT2D eigenvalue weighted by Gasteiger charge is -2.15. The maximum atomic E-state index is 4.17. The minimum Gasteiger partial charge on any atom is -0.355 e. The van der Waals surface area contributed by atoms with Crippen LogP contribution in [0.1, 0.15) is 40.3 Å². The van der Waals surface area contributed by atoms with Crippen molar-refractivity contribution in [3.05, 3.63) is 24.3 Å². The molecule has 2 rings (SSSR count). The summed E-state index contributed by atoms with van der Waals surface area (Å²) in [5.41, 5.74) is 3.33. The van der Waals surface area contributed by atoms with Crippen LogP contribution in [0.15, 0.2) is 18.6 Å². The van der Waals surface area contributed by atoms with Gasteiger partial charge in [0, 0.05) is 11.1 Å². The number of aromatic amines is 1. The number of hydrogen-bond acceptors (Lipinski definition) is 2. The zero-order valence-corrected chi connectivity index (χ0v) is 10.1. The first-order valence-electron chi connectivity index (χ1n) is 5.36. The van der Waals surface area contributed by atoms with Crippen LogP contribution in [-0.2, 0) is 5.41 Å². The predicted molar refractivity (Wildman–Crippen MR) is 63.9 cm³/mol. The fraction of sp³-hybridized carbons (Fsp3) is 0.500. The second-order valence-electron chi connectivity index (χ2n) is 4.25. The second kappa shape index (κ2) is 4.43. The van der Waals surface area contributed by atoms with Crippen LogP contribution in [0.3, 0.4) is 0 Å². The molecule has 2 aromatic heterocycles. The molecule has 0 saturated carbocycles. The Morgan fingerprint density at radius 1 is 1.20 bits per heavy atom. The molecule has 82 valence electrons. The van der Waals surface area contributed by atoms with Gasteiger partial charge in [0.2, 0.25) is 0 Å². The number of rotatable bonds is 0. The Balaban J connectivity index is 0.000000531. The van der Waals surface area contributed by atoms with Crippen LogP contribution in [0.4, 0.5) is 0 Å². The summed E-state index contributed by atoms with van der Waals surface area (Å²) in [7, 11) is 0. The molecule has 0 fully saturated rings. The molecule has 0 aliphatic heterocycles. The van der Waals surface area contributed by atoms with Gasteiger partial charge in [0.15, 0.2) is 0 Å². The number of aromatic nitrogens is 3. The third-order valence-electron chi connectivity index (χ3n) is 2.10. The second-order valence-corrected chi connectivity index (χ2v) is 4.25. The summed E-state index contributed by atoms with van der Waals surface area (Å²) in [4.78, 5) is 11.4. The third kappa shape index (κ3) is 2.55. The lowest BCUT2D eigenvalue weighted by molar-refractivity contribution is 0.574. The number of nitrogens with zero attached hydrogens (tertiary/aromatic N) is 2. The third-order valence-corrected chi connectivity index (χ3v) is 2.10. The van der Waals surface area contributed by atoms with Crippen molar-refractivity contribution in [2.45, 2.75) is 40.0 Å². The lowest BCUT2D eigenvalue weighted by Crippen LogP contribution is -2.10. The first kappa shape index (κ1) is 11.7. The van der Waals surface area contributed by atoms with E-state index in [0.717, 1.165) is 11.0 Å². The molecule has 0 aromatic carbocycles. The largest absolute Gasteiger partial charge is 0.355 e. The van der Waals surface area contributed by atoms with E-state index in [4.69, 9.17) is 0 Å². The van der Waals surface area contributed by atoms with E-state index in [0.29, 0.717) is 0 Å². The average Bonchev–Trinajstić information content (AvgIpc) is 2.63. The summed E-state index contributed by atoms with van der Waals surface area (Å²) in [6, 6.07) is 2.08. The Morgan fingerprint density at radius 3 is 2.40 bits per heavy atom. The Kier molecular flexibility index (Phi) is 3.45. The molecule has 0 unspecified atom stereocenters. The Bertz CT molecular complexity index is 391. The number of fused-ring (bicyclic) bond motifs is 1. The molecule has 0 saturated heterocycles. The smallest absolute Gasteiger partial charge is 0.116 e. The molecule has 0 atom stereocenters. The van der Waals surface area contributed by atoms with E-state index in [1.54, 1.807) is 12.5 Å². The van der Waals surface area contributed by atoms with E-state index < -0.39 is 0 Å². The fourth-order valence-corrected chi connectivity index (χ4v) is 1.27. The van der Waals surface area contributed by atoms with Crippen LogP contribution in [0.5, 0.6) is 0 Å². The van der Waals surface area contributed by atoms with Crippen molar-refractivity contribution in [1.29, 1.82) is 0 Å². The van der Waals surface area contributed by atoms with Crippen LogP contribution < -0.4 is 0 Å². The summed E-state index contributed by atoms with van der Waals surface area (Å²) >= 11 is 0. The number of H-pyrrole nitrogens is 1. The molecule has 2 heterocycles. The maximum absolute atomic E-state index is 4.17. The quantitative estimate of drug-likeness (QED) is 0.717. The van der Waals surface area contributed by atoms with Gasteiger partial charge in [0.1, 0.15) is 6.33 Å². The van der Waals surface area contributed by atoms with Gasteiger partial charge in [-0.25, -0.2) is 9.97 Å². The van der Waals surface area contributed by atoms with Gasteiger partial charge in [-0.2, -0.15) is 0 Å². The number of nitrogens with one attached hydrogen (secondary N) is 1. The van der Waals surface area contributed by atoms with Gasteiger partial charge in [-0.3, -0.25) is 0 Å². The molecule has 15 heavy (non-hydrogen) atoms. The topological polar surface area (TPSA) is 41.6 Å². The zero-order chi connectivity index (χ0) is 11.5. The highest BCUT2D eigenvalue weighted by Gasteiger charge is 2.16. The standard InChI is InChI=1S/C10H13N3.C2H6/c1-10(2,3)9-4-7-8(13-9)5-11-6-12-7;1-2/h4-6,13H,1-3H3;1-2H3. The van der Waals surface area contributed by atoms with E-state index in [1.807, 2.05) is 13.8 Å². The predicted octanol–water partition coefficient (Wildman–Crippen LogP) is 3.28. The molecular weight excluding hydrogens is 186 g/mol. The molecule has 0 bridgehead atoms. The summed E-state index contributed by atoms with van der Waals surface area (Å²) in [5, 5.41) is 0. The average molecular weight is 205 g/mol. The molecule has 1 N–H and O–H groups in total.